The van der Waals surface area contributed by atoms with Crippen molar-refractivity contribution in [1.29, 1.82) is 0 Å². The van der Waals surface area contributed by atoms with Gasteiger partial charge in [-0.15, -0.1) is 0 Å². The van der Waals surface area contributed by atoms with E-state index in [1.807, 2.05) is 0 Å². The average Bonchev–Trinajstić information content (AvgIpc) is 2.17. The highest BCUT2D eigenvalue weighted by atomic mass is 127. The van der Waals surface area contributed by atoms with Crippen LogP contribution in [0.15, 0.2) is 0 Å². The second-order valence-electron chi connectivity index (χ2n) is 4.82. The number of halogens is 1. The van der Waals surface area contributed by atoms with E-state index in [2.05, 4.69) is 29.5 Å². The van der Waals surface area contributed by atoms with Crippen molar-refractivity contribution in [3.05, 3.63) is 0 Å². The summed E-state index contributed by atoms with van der Waals surface area (Å²) in [4.78, 5) is 0. The fourth-order valence-corrected chi connectivity index (χ4v) is 3.50. The van der Waals surface area contributed by atoms with Crippen LogP contribution in [-0.2, 0) is 0 Å². The molecular formula is C12H24IN. The van der Waals surface area contributed by atoms with Crippen LogP contribution >= 0.6 is 22.6 Å². The zero-order valence-electron chi connectivity index (χ0n) is 9.34. The van der Waals surface area contributed by atoms with Gasteiger partial charge in [0.05, 0.1) is 0 Å². The molecule has 0 saturated heterocycles. The fourth-order valence-electron chi connectivity index (χ4n) is 2.26. The lowest BCUT2D eigenvalue weighted by Gasteiger charge is -2.21. The van der Waals surface area contributed by atoms with Crippen LogP contribution in [0.3, 0.4) is 0 Å². The van der Waals surface area contributed by atoms with Gasteiger partial charge in [0.25, 0.3) is 0 Å². The summed E-state index contributed by atoms with van der Waals surface area (Å²) in [6, 6.07) is 0.449. The minimum absolute atomic E-state index is 0.449. The summed E-state index contributed by atoms with van der Waals surface area (Å²) in [5.41, 5.74) is 6.18. The zero-order valence-corrected chi connectivity index (χ0v) is 11.5. The Bertz CT molecular complexity index is 149. The van der Waals surface area contributed by atoms with E-state index in [0.29, 0.717) is 6.04 Å². The van der Waals surface area contributed by atoms with Gasteiger partial charge in [0.15, 0.2) is 0 Å². The van der Waals surface area contributed by atoms with Gasteiger partial charge >= 0.3 is 0 Å². The molecule has 0 aliphatic heterocycles. The molecule has 0 bridgehead atoms. The van der Waals surface area contributed by atoms with E-state index in [1.165, 1.54) is 51.4 Å². The topological polar surface area (TPSA) is 26.0 Å². The minimum Gasteiger partial charge on any atom is -0.327 e. The molecule has 0 aromatic heterocycles. The second-order valence-corrected chi connectivity index (χ2v) is 6.58. The first-order valence-electron chi connectivity index (χ1n) is 6.10. The lowest BCUT2D eigenvalue weighted by atomic mass is 9.93. The maximum Gasteiger partial charge on any atom is 0.0113 e. The van der Waals surface area contributed by atoms with Crippen molar-refractivity contribution in [2.45, 2.75) is 68.3 Å². The van der Waals surface area contributed by atoms with Crippen LogP contribution < -0.4 is 5.73 Å². The zero-order chi connectivity index (χ0) is 10.4. The van der Waals surface area contributed by atoms with Gasteiger partial charge in [-0.3, -0.25) is 0 Å². The Morgan fingerprint density at radius 1 is 1.00 bits per heavy atom. The highest BCUT2D eigenvalue weighted by Gasteiger charge is 2.17. The molecule has 0 radical (unpaired) electrons. The molecule has 2 heteroatoms. The van der Waals surface area contributed by atoms with E-state index in [9.17, 15) is 0 Å². The lowest BCUT2D eigenvalue weighted by molar-refractivity contribution is 0.394. The number of rotatable bonds is 0. The molecule has 14 heavy (non-hydrogen) atoms. The quantitative estimate of drug-likeness (QED) is 0.533. The normalized spacial score (nSPS) is 37.5. The molecule has 0 spiro atoms. The minimum atomic E-state index is 0.449. The number of hydrogen-bond acceptors (Lipinski definition) is 1. The van der Waals surface area contributed by atoms with Crippen LogP contribution in [0.25, 0.3) is 0 Å². The van der Waals surface area contributed by atoms with Crippen LogP contribution in [0.5, 0.6) is 0 Å². The number of alkyl halides is 1. The predicted molar refractivity (Wildman–Crippen MR) is 71.9 cm³/mol. The molecule has 1 aliphatic carbocycles. The van der Waals surface area contributed by atoms with Crippen molar-refractivity contribution in [2.24, 2.45) is 11.7 Å². The summed E-state index contributed by atoms with van der Waals surface area (Å²) in [6.45, 7) is 2.33. The van der Waals surface area contributed by atoms with Crippen molar-refractivity contribution >= 4 is 22.6 Å². The van der Waals surface area contributed by atoms with Crippen molar-refractivity contribution in [3.8, 4) is 0 Å². The second kappa shape index (κ2) is 7.04. The molecule has 3 atom stereocenters. The average molecular weight is 309 g/mol. The van der Waals surface area contributed by atoms with E-state index < -0.39 is 0 Å². The maximum atomic E-state index is 6.18. The van der Waals surface area contributed by atoms with Crippen LogP contribution in [0.4, 0.5) is 0 Å². The van der Waals surface area contributed by atoms with Gasteiger partial charge in [0.1, 0.15) is 0 Å². The molecule has 1 rings (SSSR count). The first-order chi connectivity index (χ1) is 6.70. The molecule has 0 heterocycles. The van der Waals surface area contributed by atoms with Crippen LogP contribution in [0.2, 0.25) is 0 Å². The van der Waals surface area contributed by atoms with Gasteiger partial charge in [-0.1, -0.05) is 61.6 Å². The Labute approximate surface area is 102 Å². The molecule has 1 nitrogen and oxygen atoms in total. The molecular weight excluding hydrogens is 285 g/mol. The van der Waals surface area contributed by atoms with Crippen LogP contribution in [0.1, 0.15) is 58.3 Å². The summed E-state index contributed by atoms with van der Waals surface area (Å²) in [5, 5.41) is 0. The van der Waals surface area contributed by atoms with Crippen molar-refractivity contribution < 1.29 is 0 Å². The van der Waals surface area contributed by atoms with Gasteiger partial charge in [-0.25, -0.2) is 0 Å². The summed E-state index contributed by atoms with van der Waals surface area (Å²) in [5.74, 6) is 0.718. The third-order valence-corrected chi connectivity index (χ3v) is 4.54. The molecule has 0 aromatic carbocycles. The molecule has 1 saturated carbocycles. The molecule has 2 N–H and O–H groups in total. The number of hydrogen-bond donors (Lipinski definition) is 1. The molecule has 0 amide bonds. The first kappa shape index (κ1) is 12.8. The standard InChI is InChI=1S/C12H24IN/c1-10-9-11(13)7-5-3-2-4-6-8-12(10)14/h10-12H,2-9,14H2,1H3. The highest BCUT2D eigenvalue weighted by Crippen LogP contribution is 2.24. The van der Waals surface area contributed by atoms with Crippen molar-refractivity contribution in [2.75, 3.05) is 0 Å². The summed E-state index contributed by atoms with van der Waals surface area (Å²) < 4.78 is 0.853. The summed E-state index contributed by atoms with van der Waals surface area (Å²) in [6.07, 6.45) is 11.0. The summed E-state index contributed by atoms with van der Waals surface area (Å²) in [7, 11) is 0. The van der Waals surface area contributed by atoms with Gasteiger partial charge in [0.2, 0.25) is 0 Å². The van der Waals surface area contributed by atoms with Crippen molar-refractivity contribution in [3.63, 3.8) is 0 Å². The molecule has 1 aliphatic rings. The Kier molecular flexibility index (Phi) is 6.42. The summed E-state index contributed by atoms with van der Waals surface area (Å²) >= 11 is 2.61. The molecule has 3 unspecified atom stereocenters. The van der Waals surface area contributed by atoms with Gasteiger partial charge in [-0.05, 0) is 25.2 Å². The fraction of sp³-hybridized carbons (Fsp3) is 1.00. The highest BCUT2D eigenvalue weighted by molar-refractivity contribution is 14.1. The Morgan fingerprint density at radius 3 is 2.29 bits per heavy atom. The van der Waals surface area contributed by atoms with Gasteiger partial charge < -0.3 is 5.73 Å². The largest absolute Gasteiger partial charge is 0.327 e. The molecule has 0 aromatic rings. The van der Waals surface area contributed by atoms with Crippen LogP contribution in [-0.4, -0.2) is 9.97 Å². The predicted octanol–water partition coefficient (Wildman–Crippen LogP) is 3.89. The smallest absolute Gasteiger partial charge is 0.0113 e. The lowest BCUT2D eigenvalue weighted by Crippen LogP contribution is -2.29. The third kappa shape index (κ3) is 4.96. The van der Waals surface area contributed by atoms with E-state index in [4.69, 9.17) is 5.73 Å². The van der Waals surface area contributed by atoms with E-state index in [-0.39, 0.29) is 0 Å². The first-order valence-corrected chi connectivity index (χ1v) is 7.34. The van der Waals surface area contributed by atoms with Crippen LogP contribution in [0, 0.1) is 5.92 Å². The SMILES string of the molecule is CC1CC(I)CCCCCCCC1N. The maximum absolute atomic E-state index is 6.18. The van der Waals surface area contributed by atoms with Gasteiger partial charge in [-0.2, -0.15) is 0 Å². The Balaban J connectivity index is 2.38. The van der Waals surface area contributed by atoms with Crippen molar-refractivity contribution in [1.82, 2.24) is 0 Å². The molecule has 84 valence electrons. The monoisotopic (exact) mass is 309 g/mol. The van der Waals surface area contributed by atoms with E-state index >= 15 is 0 Å². The van der Waals surface area contributed by atoms with E-state index in [1.54, 1.807) is 0 Å². The molecule has 1 fully saturated rings. The Morgan fingerprint density at radius 2 is 1.57 bits per heavy atom. The third-order valence-electron chi connectivity index (χ3n) is 3.41. The number of nitrogens with two attached hydrogens (primary N) is 1. The van der Waals surface area contributed by atoms with Gasteiger partial charge in [0, 0.05) is 9.97 Å². The Hall–Kier alpha value is 0.690. The van der Waals surface area contributed by atoms with E-state index in [0.717, 1.165) is 9.84 Å².